The molecular formula is C26H26F6N8O2. The molecule has 0 radical (unpaired) electrons. The van der Waals surface area contributed by atoms with Gasteiger partial charge in [0.2, 0.25) is 11.9 Å². The van der Waals surface area contributed by atoms with Gasteiger partial charge in [-0.3, -0.25) is 9.59 Å². The van der Waals surface area contributed by atoms with Crippen molar-refractivity contribution < 1.29 is 31.1 Å². The second-order valence-corrected chi connectivity index (χ2v) is 9.89. The first-order valence-corrected chi connectivity index (χ1v) is 13.1. The van der Waals surface area contributed by atoms with Gasteiger partial charge >= 0.3 is 12.4 Å². The van der Waals surface area contributed by atoms with E-state index in [-0.39, 0.29) is 43.6 Å². The number of aromatic amines is 1. The van der Waals surface area contributed by atoms with Crippen LogP contribution in [0.4, 0.5) is 38.0 Å². The Hall–Kier alpha value is -4.21. The van der Waals surface area contributed by atoms with E-state index in [1.165, 1.54) is 4.90 Å². The number of amides is 1. The van der Waals surface area contributed by atoms with Gasteiger partial charge in [0.05, 0.1) is 23.5 Å². The van der Waals surface area contributed by atoms with Gasteiger partial charge in [0, 0.05) is 64.6 Å². The Morgan fingerprint density at radius 1 is 0.976 bits per heavy atom. The molecule has 5 rings (SSSR count). The van der Waals surface area contributed by atoms with Crippen LogP contribution in [0.15, 0.2) is 47.7 Å². The Morgan fingerprint density at radius 2 is 1.67 bits per heavy atom. The summed E-state index contributed by atoms with van der Waals surface area (Å²) in [4.78, 5) is 37.3. The van der Waals surface area contributed by atoms with Gasteiger partial charge in [0.25, 0.3) is 5.56 Å². The van der Waals surface area contributed by atoms with Crippen LogP contribution in [0, 0.1) is 0 Å². The molecule has 0 unspecified atom stereocenters. The van der Waals surface area contributed by atoms with E-state index in [1.54, 1.807) is 21.9 Å². The van der Waals surface area contributed by atoms with Crippen molar-refractivity contribution in [3.63, 3.8) is 0 Å². The summed E-state index contributed by atoms with van der Waals surface area (Å²) in [5, 5.41) is 8.63. The average Bonchev–Trinajstić information content (AvgIpc) is 3.32. The number of hydrogen-bond donors (Lipinski definition) is 2. The summed E-state index contributed by atoms with van der Waals surface area (Å²) in [6.45, 7) is 2.00. The molecule has 4 heterocycles. The number of piperazine rings is 1. The van der Waals surface area contributed by atoms with Crippen LogP contribution < -0.4 is 20.7 Å². The molecule has 10 nitrogen and oxygen atoms in total. The number of aromatic nitrogens is 4. The van der Waals surface area contributed by atoms with Crippen molar-refractivity contribution in [3.8, 4) is 0 Å². The maximum atomic E-state index is 13.8. The van der Waals surface area contributed by atoms with E-state index in [1.807, 2.05) is 17.2 Å². The normalized spacial score (nSPS) is 17.5. The Bertz CT molecular complexity index is 1470. The minimum absolute atomic E-state index is 0.130. The summed E-state index contributed by atoms with van der Waals surface area (Å²) < 4.78 is 79.6. The summed E-state index contributed by atoms with van der Waals surface area (Å²) in [5.41, 5.74) is -2.26. The van der Waals surface area contributed by atoms with Crippen LogP contribution in [0.1, 0.15) is 34.7 Å². The number of carbonyl (C=O) groups is 1. The highest BCUT2D eigenvalue weighted by Gasteiger charge is 2.41. The molecular weight excluding hydrogens is 570 g/mol. The van der Waals surface area contributed by atoms with Gasteiger partial charge in [-0.2, -0.15) is 31.4 Å². The summed E-state index contributed by atoms with van der Waals surface area (Å²) >= 11 is 0. The lowest BCUT2D eigenvalue weighted by Gasteiger charge is -2.35. The second kappa shape index (κ2) is 11.6. The quantitative estimate of drug-likeness (QED) is 0.317. The maximum Gasteiger partial charge on any atom is 0.423 e. The van der Waals surface area contributed by atoms with Crippen LogP contribution in [0.3, 0.4) is 0 Å². The van der Waals surface area contributed by atoms with Gasteiger partial charge < -0.3 is 20.0 Å². The Kier molecular flexibility index (Phi) is 8.08. The Balaban J connectivity index is 1.17. The number of fused-ring (bicyclic) bond motifs is 1. The molecule has 2 aliphatic rings. The van der Waals surface area contributed by atoms with Crippen molar-refractivity contribution in [1.29, 1.82) is 0 Å². The zero-order valence-corrected chi connectivity index (χ0v) is 22.0. The highest BCUT2D eigenvalue weighted by Crippen LogP contribution is 2.41. The molecule has 42 heavy (non-hydrogen) atoms. The van der Waals surface area contributed by atoms with Crippen molar-refractivity contribution in [2.45, 2.75) is 31.4 Å². The van der Waals surface area contributed by atoms with Crippen molar-refractivity contribution in [2.75, 3.05) is 49.1 Å². The molecule has 2 aromatic heterocycles. The summed E-state index contributed by atoms with van der Waals surface area (Å²) in [5.74, 6) is 0.0137. The molecule has 16 heteroatoms. The smallest absolute Gasteiger partial charge is 0.357 e. The average molecular weight is 597 g/mol. The van der Waals surface area contributed by atoms with Crippen LogP contribution in [-0.2, 0) is 23.7 Å². The monoisotopic (exact) mass is 596 g/mol. The van der Waals surface area contributed by atoms with Crippen molar-refractivity contribution in [1.82, 2.24) is 30.4 Å². The van der Waals surface area contributed by atoms with Crippen LogP contribution in [0.5, 0.6) is 0 Å². The molecule has 1 aromatic carbocycles. The molecule has 0 spiro atoms. The lowest BCUT2D eigenvalue weighted by molar-refractivity contribution is -0.139. The SMILES string of the molecule is O=C(CCNC[C@H]1c2ccccc2CN1c1cn[nH]c(=O)c1C(F)(F)F)N1CCN(c2ncc(C(F)(F)F)cn2)CC1. The third kappa shape index (κ3) is 6.17. The van der Waals surface area contributed by atoms with Crippen LogP contribution in [0.2, 0.25) is 0 Å². The number of benzene rings is 1. The van der Waals surface area contributed by atoms with Gasteiger partial charge in [0.15, 0.2) is 0 Å². The fourth-order valence-electron chi connectivity index (χ4n) is 5.20. The van der Waals surface area contributed by atoms with Gasteiger partial charge in [-0.1, -0.05) is 24.3 Å². The predicted molar refractivity (Wildman–Crippen MR) is 139 cm³/mol. The van der Waals surface area contributed by atoms with Crippen LogP contribution >= 0.6 is 0 Å². The van der Waals surface area contributed by atoms with Gasteiger partial charge in [-0.25, -0.2) is 15.1 Å². The van der Waals surface area contributed by atoms with E-state index in [0.717, 1.165) is 29.7 Å². The third-order valence-corrected chi connectivity index (χ3v) is 7.29. The molecule has 0 bridgehead atoms. The minimum atomic E-state index is -4.88. The van der Waals surface area contributed by atoms with E-state index < -0.39 is 35.1 Å². The molecule has 1 atom stereocenters. The lowest BCUT2D eigenvalue weighted by Crippen LogP contribution is -2.49. The van der Waals surface area contributed by atoms with Crippen molar-refractivity contribution in [3.05, 3.63) is 75.5 Å². The standard InChI is InChI=1S/C26H26F6N8O2/c27-25(28,29)17-11-34-24(35-12-17)39-9-7-38(8-10-39)21(41)5-6-33-13-19-18-4-2-1-3-16(18)15-40(19)20-14-36-37-23(42)22(20)26(30,31)32/h1-4,11-12,14,19,33H,5-10,13,15H2,(H,37,42)/t19-/m0/s1. The number of hydrogen-bond acceptors (Lipinski definition) is 8. The van der Waals surface area contributed by atoms with Gasteiger partial charge in [0.1, 0.15) is 5.56 Å². The molecule has 3 aromatic rings. The van der Waals surface area contributed by atoms with Crippen LogP contribution in [0.25, 0.3) is 0 Å². The first kappa shape index (κ1) is 29.3. The Morgan fingerprint density at radius 3 is 2.33 bits per heavy atom. The van der Waals surface area contributed by atoms with Gasteiger partial charge in [-0.05, 0) is 11.1 Å². The largest absolute Gasteiger partial charge is 0.423 e. The van der Waals surface area contributed by atoms with E-state index in [4.69, 9.17) is 0 Å². The van der Waals surface area contributed by atoms with E-state index in [2.05, 4.69) is 20.4 Å². The lowest BCUT2D eigenvalue weighted by atomic mass is 10.0. The summed E-state index contributed by atoms with van der Waals surface area (Å²) in [6.07, 6.45) is -6.82. The van der Waals surface area contributed by atoms with E-state index in [9.17, 15) is 35.9 Å². The number of anilines is 2. The molecule has 1 amide bonds. The van der Waals surface area contributed by atoms with E-state index in [0.29, 0.717) is 26.2 Å². The molecule has 1 saturated heterocycles. The topological polar surface area (TPSA) is 110 Å². The first-order chi connectivity index (χ1) is 19.9. The second-order valence-electron chi connectivity index (χ2n) is 9.89. The molecule has 1 fully saturated rings. The highest BCUT2D eigenvalue weighted by atomic mass is 19.4. The zero-order valence-electron chi connectivity index (χ0n) is 22.0. The number of carbonyl (C=O) groups excluding carboxylic acids is 1. The number of nitrogens with one attached hydrogen (secondary N) is 2. The molecule has 224 valence electrons. The predicted octanol–water partition coefficient (Wildman–Crippen LogP) is 2.99. The fourth-order valence-corrected chi connectivity index (χ4v) is 5.20. The van der Waals surface area contributed by atoms with Crippen molar-refractivity contribution in [2.24, 2.45) is 0 Å². The molecule has 2 aliphatic heterocycles. The molecule has 0 aliphatic carbocycles. The third-order valence-electron chi connectivity index (χ3n) is 7.29. The number of nitrogens with zero attached hydrogens (tertiary/aromatic N) is 6. The number of alkyl halides is 6. The van der Waals surface area contributed by atoms with Gasteiger partial charge in [-0.15, -0.1) is 0 Å². The number of rotatable bonds is 7. The first-order valence-electron chi connectivity index (χ1n) is 13.1. The van der Waals surface area contributed by atoms with E-state index >= 15 is 0 Å². The van der Waals surface area contributed by atoms with Crippen molar-refractivity contribution >= 4 is 17.5 Å². The summed E-state index contributed by atoms with van der Waals surface area (Å²) in [7, 11) is 0. The maximum absolute atomic E-state index is 13.8. The summed E-state index contributed by atoms with van der Waals surface area (Å²) in [6, 6.07) is 6.67. The number of halogens is 6. The molecule has 2 N–H and O–H groups in total. The highest BCUT2D eigenvalue weighted by molar-refractivity contribution is 5.76. The fraction of sp³-hybridized carbons (Fsp3) is 0.423. The molecule has 0 saturated carbocycles. The minimum Gasteiger partial charge on any atom is -0.357 e. The zero-order chi connectivity index (χ0) is 30.1. The number of H-pyrrole nitrogens is 1. The Labute approximate surface area is 235 Å². The van der Waals surface area contributed by atoms with Crippen LogP contribution in [-0.4, -0.2) is 70.2 Å².